The third-order valence-corrected chi connectivity index (χ3v) is 4.48. The molecule has 0 aliphatic heterocycles. The van der Waals surface area contributed by atoms with Crippen molar-refractivity contribution >= 4 is 12.0 Å². The molecule has 0 aliphatic rings. The van der Waals surface area contributed by atoms with Gasteiger partial charge in [-0.2, -0.15) is 11.0 Å². The van der Waals surface area contributed by atoms with Crippen LogP contribution in [0.15, 0.2) is 59.5 Å². The molecule has 3 aromatic rings. The lowest BCUT2D eigenvalue weighted by Gasteiger charge is -2.08. The minimum atomic E-state index is 0.895. The van der Waals surface area contributed by atoms with Crippen molar-refractivity contribution in [3.05, 3.63) is 65.9 Å². The van der Waals surface area contributed by atoms with E-state index >= 15 is 0 Å². The van der Waals surface area contributed by atoms with Gasteiger partial charge in [-0.25, -0.2) is 4.68 Å². The van der Waals surface area contributed by atoms with E-state index < -0.39 is 0 Å². The Balaban J connectivity index is 1.97. The lowest BCUT2D eigenvalue weighted by molar-refractivity contribution is -0.195. The summed E-state index contributed by atoms with van der Waals surface area (Å²) in [5.41, 5.74) is 5.57. The van der Waals surface area contributed by atoms with Crippen molar-refractivity contribution in [1.82, 2.24) is 9.78 Å². The predicted octanol–water partition coefficient (Wildman–Crippen LogP) is 4.63. The van der Waals surface area contributed by atoms with Crippen molar-refractivity contribution in [2.45, 2.75) is 31.6 Å². The molecule has 2 aromatic carbocycles. The molecule has 1 heterocycles. The third kappa shape index (κ3) is 4.29. The average molecular weight is 355 g/mol. The minimum absolute atomic E-state index is 0.895. The van der Waals surface area contributed by atoms with E-state index in [0.717, 1.165) is 52.4 Å². The van der Waals surface area contributed by atoms with E-state index in [2.05, 4.69) is 53.5 Å². The molecule has 3 rings (SSSR count). The van der Waals surface area contributed by atoms with Crippen molar-refractivity contribution in [1.29, 1.82) is 0 Å². The fourth-order valence-corrected chi connectivity index (χ4v) is 3.00. The molecule has 5 nitrogen and oxygen atoms in total. The van der Waals surface area contributed by atoms with E-state index in [-0.39, 0.29) is 0 Å². The van der Waals surface area contributed by atoms with Crippen LogP contribution in [0.25, 0.3) is 16.9 Å². The fraction of sp³-hybridized carbons (Fsp3) is 0.211. The van der Waals surface area contributed by atoms with Gasteiger partial charge in [-0.3, -0.25) is 0 Å². The van der Waals surface area contributed by atoms with E-state index in [9.17, 15) is 0 Å². The molecule has 0 radical (unpaired) electrons. The number of benzene rings is 2. The summed E-state index contributed by atoms with van der Waals surface area (Å²) < 4.78 is 6.67. The van der Waals surface area contributed by atoms with Crippen molar-refractivity contribution < 1.29 is 9.32 Å². The van der Waals surface area contributed by atoms with Gasteiger partial charge in [0.1, 0.15) is 0 Å². The van der Waals surface area contributed by atoms with Crippen molar-refractivity contribution in [2.75, 3.05) is 0 Å². The van der Waals surface area contributed by atoms with E-state index in [1.165, 1.54) is 5.56 Å². The summed E-state index contributed by atoms with van der Waals surface area (Å²) in [6, 6.07) is 18.6. The number of nitrogens with zero attached hydrogens (tertiary/aromatic N) is 2. The molecule has 2 N–H and O–H groups in total. The normalized spacial score (nSPS) is 11.0. The van der Waals surface area contributed by atoms with Crippen LogP contribution in [0.4, 0.5) is 0 Å². The van der Waals surface area contributed by atoms with Crippen LogP contribution >= 0.6 is 12.0 Å². The largest absolute Gasteiger partial charge is 0.233 e. The maximum Gasteiger partial charge on any atom is 0.0743 e. The molecule has 0 saturated carbocycles. The van der Waals surface area contributed by atoms with Gasteiger partial charge in [0.15, 0.2) is 0 Å². The second kappa shape index (κ2) is 8.31. The average Bonchev–Trinajstić information content (AvgIpc) is 3.05. The summed E-state index contributed by atoms with van der Waals surface area (Å²) in [6.07, 6.45) is 2.03. The second-order valence-electron chi connectivity index (χ2n) is 5.79. The lowest BCUT2D eigenvalue weighted by atomic mass is 10.1. The van der Waals surface area contributed by atoms with Gasteiger partial charge in [0, 0.05) is 10.5 Å². The number of rotatable bonds is 7. The summed E-state index contributed by atoms with van der Waals surface area (Å²) in [5, 5.41) is 4.79. The first-order valence-corrected chi connectivity index (χ1v) is 8.92. The van der Waals surface area contributed by atoms with Gasteiger partial charge in [-0.05, 0) is 43.7 Å². The first-order chi connectivity index (χ1) is 12.2. The Hall–Kier alpha value is -2.12. The van der Waals surface area contributed by atoms with Crippen LogP contribution in [0.3, 0.4) is 0 Å². The standard InChI is InChI=1S/C19H21N3O2S/c1-3-4-16-13-19(15-7-5-14(2)6-8-15)22(21-16)17-9-11-18(12-10-17)25-24-23-20/h5-13H,3-4,20H2,1-2H3. The van der Waals surface area contributed by atoms with Crippen molar-refractivity contribution in [3.8, 4) is 16.9 Å². The zero-order valence-electron chi connectivity index (χ0n) is 14.3. The number of hydrogen-bond acceptors (Lipinski definition) is 5. The Bertz CT molecular complexity index is 814. The molecule has 1 aromatic heterocycles. The number of hydrogen-bond donors (Lipinski definition) is 1. The highest BCUT2D eigenvalue weighted by atomic mass is 32.2. The van der Waals surface area contributed by atoms with Crippen molar-refractivity contribution in [2.24, 2.45) is 5.90 Å². The molecule has 130 valence electrons. The predicted molar refractivity (Wildman–Crippen MR) is 99.9 cm³/mol. The van der Waals surface area contributed by atoms with Gasteiger partial charge in [-0.1, -0.05) is 43.2 Å². The van der Waals surface area contributed by atoms with E-state index in [4.69, 9.17) is 11.0 Å². The summed E-state index contributed by atoms with van der Waals surface area (Å²) in [4.78, 5) is 5.02. The summed E-state index contributed by atoms with van der Waals surface area (Å²) in [5.74, 6) is 4.87. The van der Waals surface area contributed by atoms with Crippen LogP contribution < -0.4 is 5.90 Å². The molecular weight excluding hydrogens is 334 g/mol. The smallest absolute Gasteiger partial charge is 0.0743 e. The minimum Gasteiger partial charge on any atom is -0.233 e. The molecule has 0 atom stereocenters. The quantitative estimate of drug-likeness (QED) is 0.380. The van der Waals surface area contributed by atoms with Gasteiger partial charge < -0.3 is 0 Å². The van der Waals surface area contributed by atoms with Gasteiger partial charge >= 0.3 is 0 Å². The summed E-state index contributed by atoms with van der Waals surface area (Å²) in [7, 11) is 0. The van der Waals surface area contributed by atoms with Crippen LogP contribution in [0.2, 0.25) is 0 Å². The molecule has 0 saturated heterocycles. The Labute approximate surface area is 151 Å². The van der Waals surface area contributed by atoms with Crippen LogP contribution in [-0.4, -0.2) is 9.78 Å². The second-order valence-corrected chi connectivity index (χ2v) is 6.56. The lowest BCUT2D eigenvalue weighted by Crippen LogP contribution is -2.00. The van der Waals surface area contributed by atoms with Crippen LogP contribution in [0, 0.1) is 6.92 Å². The van der Waals surface area contributed by atoms with Gasteiger partial charge in [0.05, 0.1) is 29.1 Å². The number of aryl methyl sites for hydroxylation is 2. The van der Waals surface area contributed by atoms with E-state index in [0.29, 0.717) is 0 Å². The topological polar surface area (TPSA) is 62.3 Å². The monoisotopic (exact) mass is 355 g/mol. The zero-order chi connectivity index (χ0) is 17.6. The Kier molecular flexibility index (Phi) is 5.88. The van der Waals surface area contributed by atoms with Gasteiger partial charge in [-0.15, -0.1) is 9.32 Å². The molecular formula is C19H21N3O2S. The zero-order valence-corrected chi connectivity index (χ0v) is 15.1. The van der Waals surface area contributed by atoms with Gasteiger partial charge in [0.25, 0.3) is 0 Å². The SMILES string of the molecule is CCCc1cc(-c2ccc(C)cc2)n(-c2ccc(SOON)cc2)n1. The van der Waals surface area contributed by atoms with E-state index in [1.54, 1.807) is 0 Å². The number of aromatic nitrogens is 2. The highest BCUT2D eigenvalue weighted by molar-refractivity contribution is 7.94. The van der Waals surface area contributed by atoms with Crippen LogP contribution in [0.1, 0.15) is 24.6 Å². The first-order valence-electron chi connectivity index (χ1n) is 8.17. The molecule has 0 amide bonds. The molecule has 6 heteroatoms. The Morgan fingerprint density at radius 2 is 1.80 bits per heavy atom. The maximum atomic E-state index is 4.87. The highest BCUT2D eigenvalue weighted by Gasteiger charge is 2.11. The molecule has 0 spiro atoms. The van der Waals surface area contributed by atoms with Gasteiger partial charge in [0.2, 0.25) is 0 Å². The highest BCUT2D eigenvalue weighted by Crippen LogP contribution is 2.27. The van der Waals surface area contributed by atoms with E-state index in [1.807, 2.05) is 28.9 Å². The number of nitrogens with two attached hydrogens (primary N) is 1. The molecule has 0 aliphatic carbocycles. The Morgan fingerprint density at radius 3 is 2.44 bits per heavy atom. The molecule has 0 bridgehead atoms. The Morgan fingerprint density at radius 1 is 1.08 bits per heavy atom. The summed E-state index contributed by atoms with van der Waals surface area (Å²) in [6.45, 7) is 4.25. The molecule has 0 fully saturated rings. The third-order valence-electron chi connectivity index (χ3n) is 3.86. The van der Waals surface area contributed by atoms with Crippen molar-refractivity contribution in [3.63, 3.8) is 0 Å². The summed E-state index contributed by atoms with van der Waals surface area (Å²) >= 11 is 1.06. The van der Waals surface area contributed by atoms with Crippen LogP contribution in [0.5, 0.6) is 0 Å². The maximum absolute atomic E-state index is 4.87. The first kappa shape index (κ1) is 17.7. The van der Waals surface area contributed by atoms with Crippen LogP contribution in [-0.2, 0) is 15.7 Å². The fourth-order valence-electron chi connectivity index (χ4n) is 2.64. The molecule has 25 heavy (non-hydrogen) atoms. The molecule has 0 unspecified atom stereocenters.